The van der Waals surface area contributed by atoms with Gasteiger partial charge in [-0.15, -0.1) is 0 Å². The number of ketones is 1. The van der Waals surface area contributed by atoms with Crippen molar-refractivity contribution in [2.75, 3.05) is 6.61 Å². The van der Waals surface area contributed by atoms with Crippen molar-refractivity contribution >= 4 is 23.8 Å². The maximum absolute atomic E-state index is 13.6. The van der Waals surface area contributed by atoms with E-state index in [1.165, 1.54) is 13.8 Å². The number of rotatable bonds is 13. The molecule has 2 aromatic carbocycles. The van der Waals surface area contributed by atoms with Crippen LogP contribution in [0.4, 0.5) is 4.79 Å². The van der Waals surface area contributed by atoms with Crippen LogP contribution in [0.25, 0.3) is 0 Å². The van der Waals surface area contributed by atoms with Crippen molar-refractivity contribution in [3.63, 3.8) is 0 Å². The molecular formula is C31H42N2O7. The Balaban J connectivity index is 2.13. The van der Waals surface area contributed by atoms with Crippen molar-refractivity contribution in [2.45, 2.75) is 79.4 Å². The van der Waals surface area contributed by atoms with Gasteiger partial charge in [-0.3, -0.25) is 14.4 Å². The number of amides is 2. The first-order valence-electron chi connectivity index (χ1n) is 13.4. The predicted molar refractivity (Wildman–Crippen MR) is 151 cm³/mol. The highest BCUT2D eigenvalue weighted by atomic mass is 16.6. The number of carbonyl (C=O) groups excluding carboxylic acids is 4. The van der Waals surface area contributed by atoms with Crippen molar-refractivity contribution in [3.8, 4) is 0 Å². The van der Waals surface area contributed by atoms with E-state index in [9.17, 15) is 19.2 Å². The molecule has 0 spiro atoms. The highest BCUT2D eigenvalue weighted by Gasteiger charge is 2.43. The van der Waals surface area contributed by atoms with E-state index in [-0.39, 0.29) is 25.7 Å². The second kappa shape index (κ2) is 14.6. The molecule has 2 rings (SSSR count). The molecule has 0 heterocycles. The first-order chi connectivity index (χ1) is 18.7. The molecule has 0 fully saturated rings. The molecule has 40 heavy (non-hydrogen) atoms. The van der Waals surface area contributed by atoms with Gasteiger partial charge in [-0.25, -0.2) is 4.79 Å². The number of Topliss-reactive ketones (excluding diaryl/α,β-unsaturated/α-hetero) is 1. The van der Waals surface area contributed by atoms with E-state index < -0.39 is 46.9 Å². The normalized spacial score (nSPS) is 13.2. The summed E-state index contributed by atoms with van der Waals surface area (Å²) in [5.74, 6) is -2.20. The number of ether oxygens (including phenoxy) is 3. The first-order valence-corrected chi connectivity index (χ1v) is 13.4. The van der Waals surface area contributed by atoms with E-state index in [1.54, 1.807) is 34.6 Å². The summed E-state index contributed by atoms with van der Waals surface area (Å²) in [4.78, 5) is 52.4. The molecule has 0 radical (unpaired) electrons. The maximum Gasteiger partial charge on any atom is 0.408 e. The Morgan fingerprint density at radius 2 is 1.30 bits per heavy atom. The summed E-state index contributed by atoms with van der Waals surface area (Å²) in [6.45, 7) is 11.7. The monoisotopic (exact) mass is 554 g/mol. The summed E-state index contributed by atoms with van der Waals surface area (Å²) in [6, 6.07) is 16.3. The molecule has 0 saturated carbocycles. The number of alkyl carbamates (subject to hydrolysis) is 1. The largest absolute Gasteiger partial charge is 0.460 e. The number of hydrogen-bond acceptors (Lipinski definition) is 7. The summed E-state index contributed by atoms with van der Waals surface area (Å²) in [5.41, 5.74) is -0.629. The van der Waals surface area contributed by atoms with Gasteiger partial charge in [0.25, 0.3) is 0 Å². The summed E-state index contributed by atoms with van der Waals surface area (Å²) in [7, 11) is 0. The van der Waals surface area contributed by atoms with Gasteiger partial charge in [0, 0.05) is 0 Å². The van der Waals surface area contributed by atoms with Crippen molar-refractivity contribution in [1.82, 2.24) is 10.6 Å². The SMILES string of the molecule is CC(C)[C@H](NC(=O)[C@H](COCc1ccccc1)NC(=O)OC(C)(C)C)C(=O)C(C)(C)C(=O)OCc1ccccc1. The van der Waals surface area contributed by atoms with E-state index in [0.717, 1.165) is 11.1 Å². The molecule has 0 bridgehead atoms. The van der Waals surface area contributed by atoms with Crippen LogP contribution in [0.5, 0.6) is 0 Å². The van der Waals surface area contributed by atoms with Crippen LogP contribution in [-0.4, -0.2) is 48.0 Å². The molecule has 0 saturated heterocycles. The Morgan fingerprint density at radius 1 is 0.775 bits per heavy atom. The van der Waals surface area contributed by atoms with Crippen LogP contribution < -0.4 is 10.6 Å². The van der Waals surface area contributed by atoms with Gasteiger partial charge in [0.05, 0.1) is 19.3 Å². The van der Waals surface area contributed by atoms with Crippen LogP contribution in [0.3, 0.4) is 0 Å². The predicted octanol–water partition coefficient (Wildman–Crippen LogP) is 4.58. The zero-order chi connectivity index (χ0) is 29.9. The fourth-order valence-corrected chi connectivity index (χ4v) is 3.68. The molecule has 2 aromatic rings. The number of esters is 1. The van der Waals surface area contributed by atoms with Crippen LogP contribution in [0.1, 0.15) is 59.6 Å². The molecular weight excluding hydrogens is 512 g/mol. The molecule has 0 unspecified atom stereocenters. The minimum atomic E-state index is -1.53. The first kappa shape index (κ1) is 32.5. The third-order valence-electron chi connectivity index (χ3n) is 5.99. The second-order valence-corrected chi connectivity index (χ2v) is 11.5. The fourth-order valence-electron chi connectivity index (χ4n) is 3.68. The molecule has 9 nitrogen and oxygen atoms in total. The van der Waals surface area contributed by atoms with E-state index in [1.807, 2.05) is 60.7 Å². The number of hydrogen-bond donors (Lipinski definition) is 2. The Bertz CT molecular complexity index is 1130. The zero-order valence-corrected chi connectivity index (χ0v) is 24.5. The van der Waals surface area contributed by atoms with Gasteiger partial charge in [0.2, 0.25) is 5.91 Å². The quantitative estimate of drug-likeness (QED) is 0.275. The minimum Gasteiger partial charge on any atom is -0.460 e. The molecule has 2 amide bonds. The number of carbonyl (C=O) groups is 4. The van der Waals surface area contributed by atoms with E-state index >= 15 is 0 Å². The molecule has 2 atom stereocenters. The number of nitrogens with one attached hydrogen (secondary N) is 2. The van der Waals surface area contributed by atoms with Gasteiger partial charge < -0.3 is 24.8 Å². The molecule has 0 aliphatic carbocycles. The Morgan fingerprint density at radius 3 is 1.80 bits per heavy atom. The summed E-state index contributed by atoms with van der Waals surface area (Å²) in [6.07, 6.45) is -0.798. The Kier molecular flexibility index (Phi) is 11.9. The van der Waals surface area contributed by atoms with E-state index in [0.29, 0.717) is 0 Å². The summed E-state index contributed by atoms with van der Waals surface area (Å²) < 4.78 is 16.5. The Hall–Kier alpha value is -3.72. The summed E-state index contributed by atoms with van der Waals surface area (Å²) in [5, 5.41) is 5.26. The van der Waals surface area contributed by atoms with Crippen LogP contribution in [0.2, 0.25) is 0 Å². The lowest BCUT2D eigenvalue weighted by Gasteiger charge is -2.31. The highest BCUT2D eigenvalue weighted by molar-refractivity contribution is 6.07. The van der Waals surface area contributed by atoms with E-state index in [2.05, 4.69) is 10.6 Å². The lowest BCUT2D eigenvalue weighted by Crippen LogP contribution is -2.57. The van der Waals surface area contributed by atoms with Crippen molar-refractivity contribution in [2.24, 2.45) is 11.3 Å². The Labute approximate surface area is 237 Å². The van der Waals surface area contributed by atoms with Gasteiger partial charge in [0.15, 0.2) is 5.78 Å². The second-order valence-electron chi connectivity index (χ2n) is 11.5. The van der Waals surface area contributed by atoms with Crippen LogP contribution in [-0.2, 0) is 41.8 Å². The van der Waals surface area contributed by atoms with Crippen LogP contribution >= 0.6 is 0 Å². The highest BCUT2D eigenvalue weighted by Crippen LogP contribution is 2.24. The lowest BCUT2D eigenvalue weighted by atomic mass is 9.80. The van der Waals surface area contributed by atoms with Gasteiger partial charge in [-0.05, 0) is 51.7 Å². The average Bonchev–Trinajstić information content (AvgIpc) is 2.89. The third kappa shape index (κ3) is 10.4. The average molecular weight is 555 g/mol. The minimum absolute atomic E-state index is 0.0235. The standard InChI is InChI=1S/C31H42N2O7/c1-21(2)25(26(34)31(6,7)28(36)39-19-23-16-12-9-13-17-23)33-27(35)24(32-29(37)40-30(3,4)5)20-38-18-22-14-10-8-11-15-22/h8-17,21,24-25H,18-20H2,1-7H3,(H,32,37)(H,33,35)/t24-,25-/m0/s1. The fraction of sp³-hybridized carbons (Fsp3) is 0.484. The number of benzene rings is 2. The third-order valence-corrected chi connectivity index (χ3v) is 5.99. The van der Waals surface area contributed by atoms with Gasteiger partial charge >= 0.3 is 12.1 Å². The molecule has 9 heteroatoms. The zero-order valence-electron chi connectivity index (χ0n) is 24.5. The van der Waals surface area contributed by atoms with Crippen molar-refractivity contribution in [3.05, 3.63) is 71.8 Å². The van der Waals surface area contributed by atoms with Crippen LogP contribution in [0, 0.1) is 11.3 Å². The molecule has 218 valence electrons. The molecule has 0 aliphatic rings. The molecule has 0 aliphatic heterocycles. The van der Waals surface area contributed by atoms with Crippen molar-refractivity contribution in [1.29, 1.82) is 0 Å². The summed E-state index contributed by atoms with van der Waals surface area (Å²) >= 11 is 0. The topological polar surface area (TPSA) is 120 Å². The van der Waals surface area contributed by atoms with Gasteiger partial charge in [0.1, 0.15) is 23.7 Å². The lowest BCUT2D eigenvalue weighted by molar-refractivity contribution is -0.161. The van der Waals surface area contributed by atoms with Crippen molar-refractivity contribution < 1.29 is 33.4 Å². The maximum atomic E-state index is 13.6. The molecule has 2 N–H and O–H groups in total. The smallest absolute Gasteiger partial charge is 0.408 e. The molecule has 0 aromatic heterocycles. The van der Waals surface area contributed by atoms with Gasteiger partial charge in [-0.2, -0.15) is 0 Å². The van der Waals surface area contributed by atoms with Gasteiger partial charge in [-0.1, -0.05) is 74.5 Å². The van der Waals surface area contributed by atoms with E-state index in [4.69, 9.17) is 14.2 Å². The van der Waals surface area contributed by atoms with Crippen LogP contribution in [0.15, 0.2) is 60.7 Å².